The lowest BCUT2D eigenvalue weighted by atomic mass is 10.1. The van der Waals surface area contributed by atoms with Gasteiger partial charge in [0.1, 0.15) is 4.90 Å². The molecular formula is C13H14FN3O2S. The zero-order valence-corrected chi connectivity index (χ0v) is 11.8. The molecule has 0 spiro atoms. The molecule has 5 nitrogen and oxygen atoms in total. The first-order valence-corrected chi connectivity index (χ1v) is 7.29. The number of pyridine rings is 1. The van der Waals surface area contributed by atoms with Crippen molar-refractivity contribution in [2.75, 3.05) is 10.5 Å². The second kappa shape index (κ2) is 5.09. The second-order valence-corrected chi connectivity index (χ2v) is 6.10. The maximum absolute atomic E-state index is 12.7. The fourth-order valence-corrected chi connectivity index (χ4v) is 2.93. The molecule has 0 fully saturated rings. The number of nitrogens with two attached hydrogens (primary N) is 1. The highest BCUT2D eigenvalue weighted by atomic mass is 32.2. The standard InChI is InChI=1S/C13H14FN3O2S/c1-8-5-11(15)12(6-9(8)2)20(18,19)17-10-3-4-13(14)16-7-10/h3-7,17H,15H2,1-2H3. The van der Waals surface area contributed by atoms with E-state index in [0.29, 0.717) is 0 Å². The monoisotopic (exact) mass is 295 g/mol. The van der Waals surface area contributed by atoms with Crippen molar-refractivity contribution in [1.29, 1.82) is 0 Å². The Morgan fingerprint density at radius 2 is 1.85 bits per heavy atom. The van der Waals surface area contributed by atoms with Crippen LogP contribution in [0.15, 0.2) is 35.4 Å². The minimum Gasteiger partial charge on any atom is -0.398 e. The van der Waals surface area contributed by atoms with Crippen molar-refractivity contribution in [3.63, 3.8) is 0 Å². The summed E-state index contributed by atoms with van der Waals surface area (Å²) in [6.45, 7) is 3.65. The molecule has 0 unspecified atom stereocenters. The Balaban J connectivity index is 2.40. The van der Waals surface area contributed by atoms with Crippen molar-refractivity contribution in [2.24, 2.45) is 0 Å². The molecule has 0 aliphatic carbocycles. The SMILES string of the molecule is Cc1cc(N)c(S(=O)(=O)Nc2ccc(F)nc2)cc1C. The molecule has 0 amide bonds. The Labute approximate surface area is 116 Å². The Hall–Kier alpha value is -2.15. The van der Waals surface area contributed by atoms with Gasteiger partial charge in [-0.3, -0.25) is 4.72 Å². The van der Waals surface area contributed by atoms with Gasteiger partial charge in [-0.1, -0.05) is 0 Å². The molecule has 20 heavy (non-hydrogen) atoms. The van der Waals surface area contributed by atoms with E-state index in [1.54, 1.807) is 13.0 Å². The first kappa shape index (κ1) is 14.3. The lowest BCUT2D eigenvalue weighted by molar-refractivity contribution is 0.583. The highest BCUT2D eigenvalue weighted by Crippen LogP contribution is 2.24. The quantitative estimate of drug-likeness (QED) is 0.671. The van der Waals surface area contributed by atoms with E-state index in [1.807, 2.05) is 6.92 Å². The lowest BCUT2D eigenvalue weighted by Gasteiger charge is -2.12. The van der Waals surface area contributed by atoms with Crippen LogP contribution in [0.3, 0.4) is 0 Å². The van der Waals surface area contributed by atoms with Gasteiger partial charge in [0.2, 0.25) is 5.95 Å². The van der Waals surface area contributed by atoms with Gasteiger partial charge in [-0.15, -0.1) is 0 Å². The summed E-state index contributed by atoms with van der Waals surface area (Å²) in [6, 6.07) is 5.47. The maximum Gasteiger partial charge on any atom is 0.264 e. The van der Waals surface area contributed by atoms with E-state index in [2.05, 4.69) is 9.71 Å². The van der Waals surface area contributed by atoms with Crippen molar-refractivity contribution in [1.82, 2.24) is 4.98 Å². The van der Waals surface area contributed by atoms with Crippen LogP contribution in [0.5, 0.6) is 0 Å². The van der Waals surface area contributed by atoms with Gasteiger partial charge in [0.05, 0.1) is 17.6 Å². The van der Waals surface area contributed by atoms with Crippen LogP contribution in [0.2, 0.25) is 0 Å². The number of benzene rings is 1. The molecule has 2 rings (SSSR count). The predicted molar refractivity (Wildman–Crippen MR) is 75.3 cm³/mol. The number of nitrogens with one attached hydrogen (secondary N) is 1. The molecule has 7 heteroatoms. The molecule has 2 aromatic rings. The molecule has 0 atom stereocenters. The van der Waals surface area contributed by atoms with Crippen molar-refractivity contribution >= 4 is 21.4 Å². The van der Waals surface area contributed by atoms with Gasteiger partial charge in [0, 0.05) is 0 Å². The van der Waals surface area contributed by atoms with E-state index >= 15 is 0 Å². The molecule has 0 bridgehead atoms. The Kier molecular flexibility index (Phi) is 3.63. The zero-order valence-electron chi connectivity index (χ0n) is 11.0. The molecule has 1 aromatic heterocycles. The van der Waals surface area contributed by atoms with Gasteiger partial charge in [-0.2, -0.15) is 4.39 Å². The van der Waals surface area contributed by atoms with E-state index in [-0.39, 0.29) is 16.3 Å². The van der Waals surface area contributed by atoms with E-state index < -0.39 is 16.0 Å². The van der Waals surface area contributed by atoms with Crippen molar-refractivity contribution in [3.05, 3.63) is 47.5 Å². The number of nitrogen functional groups attached to an aromatic ring is 1. The Morgan fingerprint density at radius 1 is 1.20 bits per heavy atom. The zero-order chi connectivity index (χ0) is 14.9. The number of aryl methyl sites for hydroxylation is 2. The van der Waals surface area contributed by atoms with Crippen LogP contribution in [0.4, 0.5) is 15.8 Å². The summed E-state index contributed by atoms with van der Waals surface area (Å²) in [6.07, 6.45) is 1.10. The van der Waals surface area contributed by atoms with Crippen LogP contribution >= 0.6 is 0 Å². The van der Waals surface area contributed by atoms with Gasteiger partial charge < -0.3 is 5.73 Å². The van der Waals surface area contributed by atoms with Crippen LogP contribution in [-0.2, 0) is 10.0 Å². The molecule has 1 heterocycles. The summed E-state index contributed by atoms with van der Waals surface area (Å²) < 4.78 is 39.5. The van der Waals surface area contributed by atoms with E-state index in [9.17, 15) is 12.8 Å². The number of halogens is 1. The minimum atomic E-state index is -3.83. The molecule has 0 saturated carbocycles. The highest BCUT2D eigenvalue weighted by Gasteiger charge is 2.18. The number of hydrogen-bond donors (Lipinski definition) is 2. The topological polar surface area (TPSA) is 85.1 Å². The minimum absolute atomic E-state index is 0.00933. The number of anilines is 2. The molecule has 0 saturated heterocycles. The van der Waals surface area contributed by atoms with E-state index in [4.69, 9.17) is 5.73 Å². The van der Waals surface area contributed by atoms with E-state index in [0.717, 1.165) is 23.4 Å². The summed E-state index contributed by atoms with van der Waals surface area (Å²) in [4.78, 5) is 3.38. The normalized spacial score (nSPS) is 11.3. The Bertz CT molecular complexity index is 743. The average molecular weight is 295 g/mol. The largest absolute Gasteiger partial charge is 0.398 e. The van der Waals surface area contributed by atoms with Crippen molar-refractivity contribution < 1.29 is 12.8 Å². The average Bonchev–Trinajstić information content (AvgIpc) is 2.36. The number of aromatic nitrogens is 1. The molecule has 1 aromatic carbocycles. The summed E-state index contributed by atoms with van der Waals surface area (Å²) in [5, 5.41) is 0. The van der Waals surface area contributed by atoms with Crippen LogP contribution in [0.25, 0.3) is 0 Å². The number of nitrogens with zero attached hydrogens (tertiary/aromatic N) is 1. The van der Waals surface area contributed by atoms with Crippen LogP contribution in [-0.4, -0.2) is 13.4 Å². The summed E-state index contributed by atoms with van der Waals surface area (Å²) in [7, 11) is -3.83. The second-order valence-electron chi connectivity index (χ2n) is 4.45. The first-order chi connectivity index (χ1) is 9.29. The molecule has 0 aliphatic heterocycles. The van der Waals surface area contributed by atoms with Crippen molar-refractivity contribution in [3.8, 4) is 0 Å². The van der Waals surface area contributed by atoms with Crippen molar-refractivity contribution in [2.45, 2.75) is 18.7 Å². The maximum atomic E-state index is 12.7. The smallest absolute Gasteiger partial charge is 0.264 e. The van der Waals surface area contributed by atoms with Crippen LogP contribution < -0.4 is 10.5 Å². The van der Waals surface area contributed by atoms with Gasteiger partial charge in [0.25, 0.3) is 10.0 Å². The summed E-state index contributed by atoms with van der Waals surface area (Å²) in [5.41, 5.74) is 7.82. The molecule has 3 N–H and O–H groups in total. The third kappa shape index (κ3) is 2.88. The third-order valence-electron chi connectivity index (χ3n) is 2.90. The van der Waals surface area contributed by atoms with Gasteiger partial charge in [0.15, 0.2) is 0 Å². The molecular weight excluding hydrogens is 281 g/mol. The summed E-state index contributed by atoms with van der Waals surface area (Å²) >= 11 is 0. The van der Waals surface area contributed by atoms with Crippen LogP contribution in [0.1, 0.15) is 11.1 Å². The highest BCUT2D eigenvalue weighted by molar-refractivity contribution is 7.92. The van der Waals surface area contributed by atoms with Gasteiger partial charge in [-0.25, -0.2) is 13.4 Å². The van der Waals surface area contributed by atoms with Crippen LogP contribution in [0, 0.1) is 19.8 Å². The fourth-order valence-electron chi connectivity index (χ4n) is 1.69. The van der Waals surface area contributed by atoms with Gasteiger partial charge in [-0.05, 0) is 49.2 Å². The van der Waals surface area contributed by atoms with E-state index in [1.165, 1.54) is 12.1 Å². The number of sulfonamides is 1. The third-order valence-corrected chi connectivity index (χ3v) is 4.33. The lowest BCUT2D eigenvalue weighted by Crippen LogP contribution is -2.15. The fraction of sp³-hybridized carbons (Fsp3) is 0.154. The molecule has 0 aliphatic rings. The first-order valence-electron chi connectivity index (χ1n) is 5.81. The molecule has 0 radical (unpaired) electrons. The Morgan fingerprint density at radius 3 is 2.45 bits per heavy atom. The number of hydrogen-bond acceptors (Lipinski definition) is 4. The number of rotatable bonds is 3. The summed E-state index contributed by atoms with van der Waals surface area (Å²) in [5.74, 6) is -0.682. The predicted octanol–water partition coefficient (Wildman–Crippen LogP) is 2.22. The molecule has 106 valence electrons. The van der Waals surface area contributed by atoms with Gasteiger partial charge >= 0.3 is 0 Å².